The number of nitrogens with one attached hydrogen (secondary N) is 1. The van der Waals surface area contributed by atoms with Gasteiger partial charge in [0, 0.05) is 24.1 Å². The average molecular weight is 312 g/mol. The van der Waals surface area contributed by atoms with Crippen molar-refractivity contribution in [3.05, 3.63) is 65.9 Å². The van der Waals surface area contributed by atoms with Crippen LogP contribution in [0.1, 0.15) is 11.1 Å². The molecule has 0 fully saturated rings. The van der Waals surface area contributed by atoms with Crippen molar-refractivity contribution in [2.45, 2.75) is 6.92 Å². The van der Waals surface area contributed by atoms with E-state index in [4.69, 9.17) is 5.26 Å². The normalized spacial score (nSPS) is 10.9. The van der Waals surface area contributed by atoms with Gasteiger partial charge in [0.05, 0.1) is 17.3 Å². The number of H-pyrrole nitrogens is 1. The molecular weight excluding hydrogens is 296 g/mol. The molecule has 4 nitrogen and oxygen atoms in total. The van der Waals surface area contributed by atoms with Crippen LogP contribution >= 0.6 is 0 Å². The summed E-state index contributed by atoms with van der Waals surface area (Å²) in [5.74, 6) is 0. The van der Waals surface area contributed by atoms with E-state index in [1.165, 1.54) is 0 Å². The van der Waals surface area contributed by atoms with E-state index in [0.29, 0.717) is 5.56 Å². The fourth-order valence-electron chi connectivity index (χ4n) is 3.05. The Kier molecular flexibility index (Phi) is 3.21. The summed E-state index contributed by atoms with van der Waals surface area (Å²) in [6.45, 7) is 2.04. The Morgan fingerprint density at radius 1 is 1.08 bits per heavy atom. The van der Waals surface area contributed by atoms with Gasteiger partial charge in [-0.25, -0.2) is 0 Å². The Morgan fingerprint density at radius 3 is 2.67 bits per heavy atom. The lowest BCUT2D eigenvalue weighted by atomic mass is 9.98. The highest BCUT2D eigenvalue weighted by Gasteiger charge is 2.08. The van der Waals surface area contributed by atoms with Gasteiger partial charge in [0.15, 0.2) is 0 Å². The molecule has 4 rings (SSSR count). The largest absolute Gasteiger partial charge is 0.353 e. The molecule has 0 radical (unpaired) electrons. The van der Waals surface area contributed by atoms with E-state index in [9.17, 15) is 0 Å². The molecule has 4 heteroatoms. The maximum Gasteiger partial charge on any atom is 0.109 e. The first-order chi connectivity index (χ1) is 11.6. The van der Waals surface area contributed by atoms with Crippen molar-refractivity contribution in [1.82, 2.24) is 14.8 Å². The Labute approximate surface area is 140 Å². The summed E-state index contributed by atoms with van der Waals surface area (Å²) in [6, 6.07) is 18.5. The van der Waals surface area contributed by atoms with Crippen LogP contribution in [0.3, 0.4) is 0 Å². The summed E-state index contributed by atoms with van der Waals surface area (Å²) in [5.41, 5.74) is 7.13. The second-order valence-electron chi connectivity index (χ2n) is 6.00. The molecule has 24 heavy (non-hydrogen) atoms. The summed E-state index contributed by atoms with van der Waals surface area (Å²) in [7, 11) is 1.91. The average Bonchev–Trinajstić information content (AvgIpc) is 3.19. The minimum Gasteiger partial charge on any atom is -0.353 e. The predicted octanol–water partition coefficient (Wildman–Crippen LogP) is 4.42. The van der Waals surface area contributed by atoms with Gasteiger partial charge in [-0.1, -0.05) is 12.1 Å². The molecule has 116 valence electrons. The summed E-state index contributed by atoms with van der Waals surface area (Å²) in [6.07, 6.45) is 1.94. The number of aromatic amines is 1. The van der Waals surface area contributed by atoms with Gasteiger partial charge in [0.2, 0.25) is 0 Å². The molecule has 0 aliphatic heterocycles. The molecule has 0 unspecified atom stereocenters. The number of nitriles is 1. The zero-order valence-corrected chi connectivity index (χ0v) is 13.5. The number of benzene rings is 2. The number of rotatable bonds is 2. The van der Waals surface area contributed by atoms with E-state index in [1.54, 1.807) is 4.68 Å². The quantitative estimate of drug-likeness (QED) is 0.596. The zero-order valence-electron chi connectivity index (χ0n) is 13.5. The highest BCUT2D eigenvalue weighted by atomic mass is 15.2. The zero-order chi connectivity index (χ0) is 16.7. The number of hydrogen-bond donors (Lipinski definition) is 1. The third kappa shape index (κ3) is 2.37. The molecule has 2 heterocycles. The summed E-state index contributed by atoms with van der Waals surface area (Å²) >= 11 is 0. The highest BCUT2D eigenvalue weighted by molar-refractivity contribution is 5.89. The number of nitrogens with zero attached hydrogens (tertiary/aromatic N) is 3. The highest BCUT2D eigenvalue weighted by Crippen LogP contribution is 2.29. The lowest BCUT2D eigenvalue weighted by molar-refractivity contribution is 0.770. The molecule has 1 N–H and O–H groups in total. The first-order valence-electron chi connectivity index (χ1n) is 7.78. The molecule has 0 atom stereocenters. The van der Waals surface area contributed by atoms with E-state index in [1.807, 2.05) is 44.4 Å². The van der Waals surface area contributed by atoms with Crippen LogP contribution in [-0.4, -0.2) is 14.8 Å². The van der Waals surface area contributed by atoms with Gasteiger partial charge in [-0.15, -0.1) is 0 Å². The number of aromatic nitrogens is 3. The van der Waals surface area contributed by atoms with Crippen molar-refractivity contribution in [2.75, 3.05) is 0 Å². The van der Waals surface area contributed by atoms with E-state index < -0.39 is 0 Å². The molecule has 0 saturated heterocycles. The number of aryl methyl sites for hydroxylation is 2. The van der Waals surface area contributed by atoms with Gasteiger partial charge in [-0.2, -0.15) is 10.4 Å². The number of fused-ring (bicyclic) bond motifs is 1. The van der Waals surface area contributed by atoms with Crippen LogP contribution in [0, 0.1) is 18.3 Å². The Balaban J connectivity index is 1.80. The van der Waals surface area contributed by atoms with Gasteiger partial charge in [-0.05, 0) is 60.0 Å². The van der Waals surface area contributed by atoms with Gasteiger partial charge in [0.25, 0.3) is 0 Å². The first kappa shape index (κ1) is 14.3. The lowest BCUT2D eigenvalue weighted by Crippen LogP contribution is -1.87. The Morgan fingerprint density at radius 2 is 1.96 bits per heavy atom. The molecule has 2 aromatic heterocycles. The standard InChI is InChI=1S/C20H16N4/c1-13-9-14(12-21)3-5-17(13)15-4-6-18-16(10-15)11-20(22-18)19-7-8-24(2)23-19/h3-11,22H,1-2H3. The van der Waals surface area contributed by atoms with Crippen molar-refractivity contribution < 1.29 is 0 Å². The van der Waals surface area contributed by atoms with Gasteiger partial charge < -0.3 is 4.98 Å². The monoisotopic (exact) mass is 312 g/mol. The van der Waals surface area contributed by atoms with Crippen LogP contribution in [0.5, 0.6) is 0 Å². The molecule has 0 spiro atoms. The second-order valence-corrected chi connectivity index (χ2v) is 6.00. The fourth-order valence-corrected chi connectivity index (χ4v) is 3.05. The molecule has 0 aliphatic rings. The third-order valence-corrected chi connectivity index (χ3v) is 4.28. The second kappa shape index (κ2) is 5.39. The van der Waals surface area contributed by atoms with E-state index in [2.05, 4.69) is 40.4 Å². The van der Waals surface area contributed by atoms with Crippen LogP contribution in [-0.2, 0) is 7.05 Å². The summed E-state index contributed by atoms with van der Waals surface area (Å²) in [5, 5.41) is 14.6. The lowest BCUT2D eigenvalue weighted by Gasteiger charge is -2.06. The molecule has 0 saturated carbocycles. The van der Waals surface area contributed by atoms with E-state index in [0.717, 1.165) is 39.0 Å². The summed E-state index contributed by atoms with van der Waals surface area (Å²) in [4.78, 5) is 3.42. The van der Waals surface area contributed by atoms with Crippen LogP contribution < -0.4 is 0 Å². The van der Waals surface area contributed by atoms with Crippen molar-refractivity contribution >= 4 is 10.9 Å². The third-order valence-electron chi connectivity index (χ3n) is 4.28. The minimum absolute atomic E-state index is 0.691. The predicted molar refractivity (Wildman–Crippen MR) is 95.4 cm³/mol. The van der Waals surface area contributed by atoms with Crippen molar-refractivity contribution in [3.63, 3.8) is 0 Å². The Hall–Kier alpha value is -3.32. The Bertz CT molecular complexity index is 1090. The smallest absolute Gasteiger partial charge is 0.109 e. The molecule has 0 bridgehead atoms. The number of hydrogen-bond acceptors (Lipinski definition) is 2. The van der Waals surface area contributed by atoms with Crippen molar-refractivity contribution in [3.8, 4) is 28.6 Å². The van der Waals surface area contributed by atoms with E-state index in [-0.39, 0.29) is 0 Å². The van der Waals surface area contributed by atoms with E-state index >= 15 is 0 Å². The van der Waals surface area contributed by atoms with Crippen molar-refractivity contribution in [1.29, 1.82) is 5.26 Å². The fraction of sp³-hybridized carbons (Fsp3) is 0.100. The SMILES string of the molecule is Cc1cc(C#N)ccc1-c1ccc2[nH]c(-c3ccn(C)n3)cc2c1. The molecule has 2 aromatic carbocycles. The van der Waals surface area contributed by atoms with Gasteiger partial charge in [-0.3, -0.25) is 4.68 Å². The van der Waals surface area contributed by atoms with Gasteiger partial charge in [0.1, 0.15) is 5.69 Å². The minimum atomic E-state index is 0.691. The molecule has 0 amide bonds. The maximum atomic E-state index is 9.02. The van der Waals surface area contributed by atoms with Crippen LogP contribution in [0.4, 0.5) is 0 Å². The maximum absolute atomic E-state index is 9.02. The van der Waals surface area contributed by atoms with Crippen LogP contribution in [0.2, 0.25) is 0 Å². The van der Waals surface area contributed by atoms with Crippen LogP contribution in [0.25, 0.3) is 33.4 Å². The summed E-state index contributed by atoms with van der Waals surface area (Å²) < 4.78 is 1.80. The van der Waals surface area contributed by atoms with Crippen molar-refractivity contribution in [2.24, 2.45) is 7.05 Å². The molecule has 4 aromatic rings. The van der Waals surface area contributed by atoms with Crippen LogP contribution in [0.15, 0.2) is 54.7 Å². The molecular formula is C20H16N4. The molecule has 0 aliphatic carbocycles. The first-order valence-corrected chi connectivity index (χ1v) is 7.78. The topological polar surface area (TPSA) is 57.4 Å². The van der Waals surface area contributed by atoms with Gasteiger partial charge >= 0.3 is 0 Å².